The van der Waals surface area contributed by atoms with Crippen molar-refractivity contribution >= 4 is 11.6 Å². The molecule has 0 aromatic heterocycles. The van der Waals surface area contributed by atoms with E-state index in [1.807, 2.05) is 0 Å². The van der Waals surface area contributed by atoms with E-state index in [-0.39, 0.29) is 40.5 Å². The normalized spacial score (nSPS) is 39.9. The molecule has 1 aromatic carbocycles. The topological polar surface area (TPSA) is 80.2 Å². The fourth-order valence-electron chi connectivity index (χ4n) is 10.2. The molecule has 6 heteroatoms. The van der Waals surface area contributed by atoms with Crippen LogP contribution in [0.2, 0.25) is 0 Å². The summed E-state index contributed by atoms with van der Waals surface area (Å²) in [6.07, 6.45) is 13.8. The number of allylic oxidation sites excluding steroid dienone is 2. The standard InChI is InChI=1S/C36H52N2O4/c1-33(2)24-36(19-21-41-33,25-8-6-5-7-9-25)18-20-37-32(40)23-42-38-27-14-16-34(3)26(22-27)10-11-28-29-12-13-31(39)35(29,4)17-15-30(28)34/h5-9,22,28-31,39H,10-21,23-24H2,1-4H3,(H,37,40)/b38-27+/t28-,29-,30-,31-,34-,35-,36-/m0/s1. The van der Waals surface area contributed by atoms with Gasteiger partial charge in [-0.05, 0) is 125 Å². The Morgan fingerprint density at radius 3 is 2.62 bits per heavy atom. The first-order valence-corrected chi connectivity index (χ1v) is 16.6. The molecular weight excluding hydrogens is 524 g/mol. The van der Waals surface area contributed by atoms with Crippen LogP contribution >= 0.6 is 0 Å². The minimum absolute atomic E-state index is 0.00810. The maximum Gasteiger partial charge on any atom is 0.260 e. The molecule has 1 saturated heterocycles. The van der Waals surface area contributed by atoms with E-state index < -0.39 is 0 Å². The lowest BCUT2D eigenvalue weighted by atomic mass is 9.47. The summed E-state index contributed by atoms with van der Waals surface area (Å²) in [6.45, 7) is 10.4. The van der Waals surface area contributed by atoms with E-state index in [1.165, 1.54) is 30.4 Å². The van der Waals surface area contributed by atoms with Gasteiger partial charge in [0.15, 0.2) is 6.61 Å². The average Bonchev–Trinajstić information content (AvgIpc) is 3.27. The number of benzene rings is 1. The van der Waals surface area contributed by atoms with Gasteiger partial charge in [0.05, 0.1) is 17.4 Å². The van der Waals surface area contributed by atoms with Crippen molar-refractivity contribution in [3.63, 3.8) is 0 Å². The SMILES string of the molecule is CC1(C)C[C@@](CCNC(=O)CO/N=C2/C=C3CC[C@H]4[C@@H]5CC[C@H](O)[C@@]5(C)CC[C@@H]4[C@@]3(C)CC2)(c2ccccc2)CCO1. The van der Waals surface area contributed by atoms with Crippen molar-refractivity contribution in [2.24, 2.45) is 33.7 Å². The molecule has 1 aromatic rings. The second-order valence-corrected chi connectivity index (χ2v) is 15.3. The second-order valence-electron chi connectivity index (χ2n) is 15.3. The van der Waals surface area contributed by atoms with Gasteiger partial charge in [0.2, 0.25) is 0 Å². The Morgan fingerprint density at radius 1 is 1.02 bits per heavy atom. The van der Waals surface area contributed by atoms with Crippen molar-refractivity contribution in [2.75, 3.05) is 19.8 Å². The Bertz CT molecular complexity index is 1210. The fraction of sp³-hybridized carbons (Fsp3) is 0.722. The molecule has 1 amide bonds. The molecule has 7 atom stereocenters. The van der Waals surface area contributed by atoms with Crippen LogP contribution in [-0.4, -0.2) is 48.2 Å². The van der Waals surface area contributed by atoms with Crippen molar-refractivity contribution in [3.05, 3.63) is 47.5 Å². The van der Waals surface area contributed by atoms with Crippen LogP contribution in [0, 0.1) is 28.6 Å². The van der Waals surface area contributed by atoms with Gasteiger partial charge in [-0.2, -0.15) is 0 Å². The highest BCUT2D eigenvalue weighted by atomic mass is 16.6. The molecule has 0 radical (unpaired) electrons. The Morgan fingerprint density at radius 2 is 1.83 bits per heavy atom. The largest absolute Gasteiger partial charge is 0.393 e. The van der Waals surface area contributed by atoms with Gasteiger partial charge in [0.25, 0.3) is 5.91 Å². The Hall–Kier alpha value is -2.18. The van der Waals surface area contributed by atoms with Gasteiger partial charge in [0, 0.05) is 18.6 Å². The molecule has 1 aliphatic heterocycles. The molecule has 0 bridgehead atoms. The number of hydrogen-bond donors (Lipinski definition) is 2. The van der Waals surface area contributed by atoms with E-state index in [4.69, 9.17) is 9.57 Å². The Kier molecular flexibility index (Phi) is 8.10. The molecule has 1 heterocycles. The summed E-state index contributed by atoms with van der Waals surface area (Å²) < 4.78 is 6.03. The number of hydrogen-bond acceptors (Lipinski definition) is 5. The lowest BCUT2D eigenvalue weighted by Gasteiger charge is -2.57. The summed E-state index contributed by atoms with van der Waals surface area (Å²) >= 11 is 0. The summed E-state index contributed by atoms with van der Waals surface area (Å²) in [5.41, 5.74) is 3.98. The molecule has 230 valence electrons. The van der Waals surface area contributed by atoms with Crippen LogP contribution < -0.4 is 5.32 Å². The predicted octanol–water partition coefficient (Wildman–Crippen LogP) is 6.72. The third-order valence-corrected chi connectivity index (χ3v) is 12.5. The summed E-state index contributed by atoms with van der Waals surface area (Å²) in [6, 6.07) is 10.7. The molecule has 5 aliphatic rings. The minimum atomic E-state index is -0.183. The average molecular weight is 577 g/mol. The minimum Gasteiger partial charge on any atom is -0.393 e. The van der Waals surface area contributed by atoms with Crippen molar-refractivity contribution in [2.45, 2.75) is 115 Å². The first-order chi connectivity index (χ1) is 20.0. The van der Waals surface area contributed by atoms with Crippen LogP contribution in [0.3, 0.4) is 0 Å². The molecule has 2 N–H and O–H groups in total. The molecule has 4 fully saturated rings. The van der Waals surface area contributed by atoms with Gasteiger partial charge >= 0.3 is 0 Å². The van der Waals surface area contributed by atoms with Gasteiger partial charge in [-0.25, -0.2) is 0 Å². The predicted molar refractivity (Wildman–Crippen MR) is 166 cm³/mol. The van der Waals surface area contributed by atoms with Gasteiger partial charge < -0.3 is 20.0 Å². The molecular formula is C36H52N2O4. The van der Waals surface area contributed by atoms with E-state index in [9.17, 15) is 9.90 Å². The van der Waals surface area contributed by atoms with Crippen LogP contribution in [0.5, 0.6) is 0 Å². The summed E-state index contributed by atoms with van der Waals surface area (Å²) in [4.78, 5) is 18.3. The van der Waals surface area contributed by atoms with Gasteiger partial charge in [0.1, 0.15) is 0 Å². The molecule has 0 spiro atoms. The van der Waals surface area contributed by atoms with Crippen molar-refractivity contribution in [1.82, 2.24) is 5.32 Å². The highest BCUT2D eigenvalue weighted by Gasteiger charge is 2.58. The van der Waals surface area contributed by atoms with Gasteiger partial charge in [-0.1, -0.05) is 54.9 Å². The van der Waals surface area contributed by atoms with Crippen molar-refractivity contribution in [3.8, 4) is 0 Å². The fourth-order valence-corrected chi connectivity index (χ4v) is 10.2. The third kappa shape index (κ3) is 5.47. The molecule has 6 rings (SSSR count). The number of carbonyl (C=O) groups is 1. The van der Waals surface area contributed by atoms with Crippen LogP contribution in [0.1, 0.15) is 104 Å². The summed E-state index contributed by atoms with van der Waals surface area (Å²) in [5.74, 6) is 1.98. The second kappa shape index (κ2) is 11.4. The molecule has 6 nitrogen and oxygen atoms in total. The number of amides is 1. The van der Waals surface area contributed by atoms with Gasteiger partial charge in [-0.3, -0.25) is 4.79 Å². The summed E-state index contributed by atoms with van der Waals surface area (Å²) in [7, 11) is 0. The smallest absolute Gasteiger partial charge is 0.260 e. The number of rotatable bonds is 7. The van der Waals surface area contributed by atoms with Crippen LogP contribution in [0.25, 0.3) is 0 Å². The quantitative estimate of drug-likeness (QED) is 0.353. The van der Waals surface area contributed by atoms with Crippen molar-refractivity contribution in [1.29, 1.82) is 0 Å². The zero-order chi connectivity index (χ0) is 29.6. The lowest BCUT2D eigenvalue weighted by molar-refractivity contribution is -0.125. The maximum atomic E-state index is 12.7. The molecule has 3 saturated carbocycles. The van der Waals surface area contributed by atoms with E-state index in [1.54, 1.807) is 0 Å². The highest BCUT2D eigenvalue weighted by Crippen LogP contribution is 2.65. The van der Waals surface area contributed by atoms with Gasteiger partial charge in [-0.15, -0.1) is 0 Å². The van der Waals surface area contributed by atoms with Crippen LogP contribution in [0.4, 0.5) is 0 Å². The molecule has 0 unspecified atom stereocenters. The number of fused-ring (bicyclic) bond motifs is 5. The first kappa shape index (κ1) is 29.9. The number of carbonyl (C=O) groups excluding carboxylic acids is 1. The molecule has 4 aliphatic carbocycles. The third-order valence-electron chi connectivity index (χ3n) is 12.5. The number of nitrogens with zero attached hydrogens (tertiary/aromatic N) is 1. The van der Waals surface area contributed by atoms with E-state index in [0.29, 0.717) is 18.4 Å². The van der Waals surface area contributed by atoms with Crippen LogP contribution in [-0.2, 0) is 19.8 Å². The van der Waals surface area contributed by atoms with Crippen molar-refractivity contribution < 1.29 is 19.5 Å². The first-order valence-electron chi connectivity index (χ1n) is 16.6. The van der Waals surface area contributed by atoms with Crippen LogP contribution in [0.15, 0.2) is 47.1 Å². The number of aliphatic hydroxyl groups excluding tert-OH is 1. The Labute approximate surface area is 252 Å². The molecule has 42 heavy (non-hydrogen) atoms. The zero-order valence-electron chi connectivity index (χ0n) is 26.3. The highest BCUT2D eigenvalue weighted by molar-refractivity contribution is 5.96. The number of aliphatic hydroxyl groups is 1. The maximum absolute atomic E-state index is 12.7. The zero-order valence-corrected chi connectivity index (χ0v) is 26.3. The van der Waals surface area contributed by atoms with E-state index >= 15 is 0 Å². The number of ether oxygens (including phenoxy) is 1. The van der Waals surface area contributed by atoms with E-state index in [0.717, 1.165) is 69.6 Å². The Balaban J connectivity index is 1.02. The lowest BCUT2D eigenvalue weighted by Crippen LogP contribution is -2.51. The summed E-state index contributed by atoms with van der Waals surface area (Å²) in [5, 5.41) is 18.3. The number of oxime groups is 1. The monoisotopic (exact) mass is 576 g/mol. The van der Waals surface area contributed by atoms with E-state index in [2.05, 4.69) is 74.6 Å². The number of nitrogens with one attached hydrogen (secondary N) is 1.